The molecule has 0 fully saturated rings. The number of benzene rings is 1. The first-order valence-corrected chi connectivity index (χ1v) is 6.86. The van der Waals surface area contributed by atoms with Crippen LogP contribution in [0.3, 0.4) is 0 Å². The molecule has 3 nitrogen and oxygen atoms in total. The zero-order chi connectivity index (χ0) is 12.1. The Balaban J connectivity index is 1.83. The number of aromatic nitrogens is 1. The SMILES string of the molecule is O=C(Cc1ccc(Br)cc1)NCc1cscn1. The quantitative estimate of drug-likeness (QED) is 0.943. The summed E-state index contributed by atoms with van der Waals surface area (Å²) in [6.45, 7) is 0.499. The molecular formula is C12H11BrN2OS. The second kappa shape index (κ2) is 5.93. The number of amides is 1. The van der Waals surface area contributed by atoms with Crippen LogP contribution in [0, 0.1) is 0 Å². The molecular weight excluding hydrogens is 300 g/mol. The van der Waals surface area contributed by atoms with Crippen LogP contribution >= 0.6 is 27.3 Å². The normalized spacial score (nSPS) is 10.2. The molecule has 0 bridgehead atoms. The van der Waals surface area contributed by atoms with Gasteiger partial charge in [-0.05, 0) is 17.7 Å². The molecule has 1 amide bonds. The molecule has 0 atom stereocenters. The third kappa shape index (κ3) is 3.94. The van der Waals surface area contributed by atoms with Crippen molar-refractivity contribution >= 4 is 33.2 Å². The standard InChI is InChI=1S/C12H11BrN2OS/c13-10-3-1-9(2-4-10)5-12(16)14-6-11-7-17-8-15-11/h1-4,7-8H,5-6H2,(H,14,16). The van der Waals surface area contributed by atoms with Gasteiger partial charge in [0, 0.05) is 9.85 Å². The number of thiazole rings is 1. The number of halogens is 1. The van der Waals surface area contributed by atoms with Gasteiger partial charge in [0.15, 0.2) is 0 Å². The van der Waals surface area contributed by atoms with Crippen LogP contribution < -0.4 is 5.32 Å². The lowest BCUT2D eigenvalue weighted by atomic mass is 10.1. The average molecular weight is 311 g/mol. The van der Waals surface area contributed by atoms with Gasteiger partial charge in [0.05, 0.1) is 24.2 Å². The molecule has 1 aromatic heterocycles. The van der Waals surface area contributed by atoms with Crippen molar-refractivity contribution in [3.05, 3.63) is 50.9 Å². The Morgan fingerprint density at radius 2 is 2.12 bits per heavy atom. The monoisotopic (exact) mass is 310 g/mol. The van der Waals surface area contributed by atoms with Crippen molar-refractivity contribution in [3.63, 3.8) is 0 Å². The summed E-state index contributed by atoms with van der Waals surface area (Å²) in [5.41, 5.74) is 3.67. The number of carbonyl (C=O) groups excluding carboxylic acids is 1. The minimum absolute atomic E-state index is 0.0142. The third-order valence-corrected chi connectivity index (χ3v) is 3.39. The van der Waals surface area contributed by atoms with Gasteiger partial charge < -0.3 is 5.32 Å². The van der Waals surface area contributed by atoms with E-state index in [0.717, 1.165) is 15.7 Å². The van der Waals surface area contributed by atoms with Crippen LogP contribution in [0.15, 0.2) is 39.6 Å². The molecule has 0 spiro atoms. The van der Waals surface area contributed by atoms with E-state index in [0.29, 0.717) is 13.0 Å². The van der Waals surface area contributed by atoms with Gasteiger partial charge in [0.1, 0.15) is 0 Å². The summed E-state index contributed by atoms with van der Waals surface area (Å²) < 4.78 is 1.02. The van der Waals surface area contributed by atoms with Crippen molar-refractivity contribution in [2.75, 3.05) is 0 Å². The first kappa shape index (κ1) is 12.3. The maximum absolute atomic E-state index is 11.6. The first-order chi connectivity index (χ1) is 8.24. The Labute approximate surface area is 112 Å². The molecule has 17 heavy (non-hydrogen) atoms. The summed E-state index contributed by atoms with van der Waals surface area (Å²) in [6.07, 6.45) is 0.400. The van der Waals surface area contributed by atoms with E-state index in [-0.39, 0.29) is 5.91 Å². The highest BCUT2D eigenvalue weighted by Crippen LogP contribution is 2.10. The molecule has 0 aliphatic rings. The molecule has 0 aliphatic heterocycles. The Morgan fingerprint density at radius 1 is 1.35 bits per heavy atom. The number of hydrogen-bond donors (Lipinski definition) is 1. The van der Waals surface area contributed by atoms with Crippen molar-refractivity contribution in [1.29, 1.82) is 0 Å². The summed E-state index contributed by atoms with van der Waals surface area (Å²) in [7, 11) is 0. The van der Waals surface area contributed by atoms with E-state index in [1.807, 2.05) is 29.6 Å². The highest BCUT2D eigenvalue weighted by atomic mass is 79.9. The smallest absolute Gasteiger partial charge is 0.224 e. The maximum Gasteiger partial charge on any atom is 0.224 e. The van der Waals surface area contributed by atoms with E-state index in [1.54, 1.807) is 5.51 Å². The van der Waals surface area contributed by atoms with Crippen LogP contribution in [0.25, 0.3) is 0 Å². The molecule has 1 heterocycles. The highest BCUT2D eigenvalue weighted by molar-refractivity contribution is 9.10. The Kier molecular flexibility index (Phi) is 4.28. The fourth-order valence-corrected chi connectivity index (χ4v) is 2.19. The molecule has 0 radical (unpaired) electrons. The number of nitrogens with zero attached hydrogens (tertiary/aromatic N) is 1. The van der Waals surface area contributed by atoms with Crippen LogP contribution in [0.2, 0.25) is 0 Å². The predicted octanol–water partition coefficient (Wildman–Crippen LogP) is 2.76. The maximum atomic E-state index is 11.6. The summed E-state index contributed by atoms with van der Waals surface area (Å²) in [5, 5.41) is 4.77. The van der Waals surface area contributed by atoms with Crippen LogP contribution in [0.5, 0.6) is 0 Å². The van der Waals surface area contributed by atoms with E-state index in [1.165, 1.54) is 11.3 Å². The molecule has 0 unspecified atom stereocenters. The van der Waals surface area contributed by atoms with Crippen molar-refractivity contribution in [2.24, 2.45) is 0 Å². The molecule has 2 rings (SSSR count). The van der Waals surface area contributed by atoms with Crippen molar-refractivity contribution < 1.29 is 4.79 Å². The van der Waals surface area contributed by atoms with Gasteiger partial charge in [-0.3, -0.25) is 4.79 Å². The number of hydrogen-bond acceptors (Lipinski definition) is 3. The molecule has 0 aliphatic carbocycles. The van der Waals surface area contributed by atoms with Crippen LogP contribution in [0.4, 0.5) is 0 Å². The molecule has 1 aromatic carbocycles. The summed E-state index contributed by atoms with van der Waals surface area (Å²) in [5.74, 6) is 0.0142. The van der Waals surface area contributed by atoms with Crippen molar-refractivity contribution in [3.8, 4) is 0 Å². The number of rotatable bonds is 4. The van der Waals surface area contributed by atoms with E-state index in [2.05, 4.69) is 26.2 Å². The minimum Gasteiger partial charge on any atom is -0.350 e. The molecule has 1 N–H and O–H groups in total. The van der Waals surface area contributed by atoms with Gasteiger partial charge in [0.25, 0.3) is 0 Å². The van der Waals surface area contributed by atoms with E-state index >= 15 is 0 Å². The second-order valence-electron chi connectivity index (χ2n) is 3.56. The molecule has 5 heteroatoms. The summed E-state index contributed by atoms with van der Waals surface area (Å²) in [6, 6.07) is 7.74. The Bertz CT molecular complexity index is 482. The zero-order valence-electron chi connectivity index (χ0n) is 9.02. The van der Waals surface area contributed by atoms with Gasteiger partial charge in [0.2, 0.25) is 5.91 Å². The largest absolute Gasteiger partial charge is 0.350 e. The molecule has 2 aromatic rings. The number of carbonyl (C=O) groups is 1. The molecule has 0 saturated carbocycles. The average Bonchev–Trinajstić information content (AvgIpc) is 2.83. The lowest BCUT2D eigenvalue weighted by Crippen LogP contribution is -2.24. The van der Waals surface area contributed by atoms with Crippen LogP contribution in [-0.2, 0) is 17.8 Å². The third-order valence-electron chi connectivity index (χ3n) is 2.23. The van der Waals surface area contributed by atoms with Gasteiger partial charge in [-0.2, -0.15) is 0 Å². The first-order valence-electron chi connectivity index (χ1n) is 5.12. The van der Waals surface area contributed by atoms with Crippen molar-refractivity contribution in [1.82, 2.24) is 10.3 Å². The van der Waals surface area contributed by atoms with Gasteiger partial charge in [-0.15, -0.1) is 11.3 Å². The molecule has 0 saturated heterocycles. The summed E-state index contributed by atoms with van der Waals surface area (Å²) in [4.78, 5) is 15.7. The van der Waals surface area contributed by atoms with Gasteiger partial charge in [-0.1, -0.05) is 28.1 Å². The van der Waals surface area contributed by atoms with Crippen LogP contribution in [0.1, 0.15) is 11.3 Å². The predicted molar refractivity (Wildman–Crippen MR) is 71.8 cm³/mol. The fraction of sp³-hybridized carbons (Fsp3) is 0.167. The second-order valence-corrected chi connectivity index (χ2v) is 5.19. The summed E-state index contributed by atoms with van der Waals surface area (Å²) >= 11 is 4.89. The van der Waals surface area contributed by atoms with E-state index in [4.69, 9.17) is 0 Å². The van der Waals surface area contributed by atoms with Crippen LogP contribution in [-0.4, -0.2) is 10.9 Å². The Morgan fingerprint density at radius 3 is 2.76 bits per heavy atom. The highest BCUT2D eigenvalue weighted by Gasteiger charge is 2.03. The van der Waals surface area contributed by atoms with E-state index in [9.17, 15) is 4.79 Å². The van der Waals surface area contributed by atoms with Gasteiger partial charge >= 0.3 is 0 Å². The Hall–Kier alpha value is -1.20. The number of nitrogens with one attached hydrogen (secondary N) is 1. The minimum atomic E-state index is 0.0142. The van der Waals surface area contributed by atoms with Crippen molar-refractivity contribution in [2.45, 2.75) is 13.0 Å². The lowest BCUT2D eigenvalue weighted by Gasteiger charge is -2.03. The topological polar surface area (TPSA) is 42.0 Å². The van der Waals surface area contributed by atoms with Gasteiger partial charge in [-0.25, -0.2) is 4.98 Å². The molecule has 88 valence electrons. The lowest BCUT2D eigenvalue weighted by molar-refractivity contribution is -0.120. The zero-order valence-corrected chi connectivity index (χ0v) is 11.4. The fourth-order valence-electron chi connectivity index (χ4n) is 1.36. The van der Waals surface area contributed by atoms with E-state index < -0.39 is 0 Å².